The zero-order valence-electron chi connectivity index (χ0n) is 14.8. The maximum Gasteiger partial charge on any atom is 0.435 e. The van der Waals surface area contributed by atoms with Crippen LogP contribution in [0.4, 0.5) is 14.5 Å². The molecule has 13 heteroatoms. The van der Waals surface area contributed by atoms with Crippen molar-refractivity contribution in [3.8, 4) is 5.88 Å². The van der Waals surface area contributed by atoms with Gasteiger partial charge in [-0.15, -0.1) is 5.10 Å². The molecular formula is C14H18BF2IN4O4S. The molecule has 1 aliphatic rings. The SMILES string of the molecule is COB(I)SCC(F)COc1nn(C2=CC(F)=CNC2C)c(C)c1[N+](=O)[O-]. The van der Waals surface area contributed by atoms with Crippen LogP contribution in [0.5, 0.6) is 5.88 Å². The minimum absolute atomic E-state index is 0.108. The number of aromatic nitrogens is 2. The molecule has 0 radical (unpaired) electrons. The van der Waals surface area contributed by atoms with Crippen LogP contribution in [0.3, 0.4) is 0 Å². The molecule has 0 fully saturated rings. The van der Waals surface area contributed by atoms with Gasteiger partial charge in [-0.05, 0) is 19.9 Å². The summed E-state index contributed by atoms with van der Waals surface area (Å²) in [5, 5.41) is 18.3. The zero-order chi connectivity index (χ0) is 20.1. The van der Waals surface area contributed by atoms with Crippen LogP contribution in [0.25, 0.3) is 5.70 Å². The lowest BCUT2D eigenvalue weighted by Crippen LogP contribution is -2.28. The first-order chi connectivity index (χ1) is 12.7. The normalized spacial score (nSPS) is 17.6. The van der Waals surface area contributed by atoms with Gasteiger partial charge < -0.3 is 14.7 Å². The van der Waals surface area contributed by atoms with E-state index in [1.165, 1.54) is 42.6 Å². The number of rotatable bonds is 9. The Balaban J connectivity index is 2.19. The van der Waals surface area contributed by atoms with Gasteiger partial charge in [0.05, 0.1) is 16.7 Å². The first-order valence-electron chi connectivity index (χ1n) is 7.87. The van der Waals surface area contributed by atoms with Crippen LogP contribution in [0.2, 0.25) is 0 Å². The van der Waals surface area contributed by atoms with E-state index >= 15 is 0 Å². The monoisotopic (exact) mass is 514 g/mol. The van der Waals surface area contributed by atoms with E-state index in [1.54, 1.807) is 6.92 Å². The standard InChI is InChI=1S/C14H18BF2IN4O4S/c1-8-12(4-10(16)5-19-8)21-9(2)13(22(23)24)14(20-21)26-6-11(17)7-27-15(18)25-3/h4-5,8,11,19H,6-7H2,1-3H3. The Morgan fingerprint density at radius 3 is 2.96 bits per heavy atom. The number of hydrogen-bond acceptors (Lipinski definition) is 7. The van der Waals surface area contributed by atoms with Crippen LogP contribution in [-0.4, -0.2) is 50.4 Å². The molecule has 2 unspecified atom stereocenters. The third-order valence-corrected chi connectivity index (χ3v) is 6.27. The quantitative estimate of drug-likeness (QED) is 0.234. The Labute approximate surface area is 172 Å². The van der Waals surface area contributed by atoms with E-state index in [4.69, 9.17) is 9.39 Å². The summed E-state index contributed by atoms with van der Waals surface area (Å²) in [6.07, 6.45) is 1.07. The third-order valence-electron chi connectivity index (χ3n) is 3.68. The molecule has 1 aliphatic heterocycles. The van der Waals surface area contributed by atoms with Crippen molar-refractivity contribution in [3.63, 3.8) is 0 Å². The van der Waals surface area contributed by atoms with Crippen LogP contribution in [-0.2, 0) is 4.65 Å². The number of nitrogens with one attached hydrogen (secondary N) is 1. The average Bonchev–Trinajstić information content (AvgIpc) is 2.96. The maximum absolute atomic E-state index is 14.0. The number of ether oxygens (including phenoxy) is 1. The van der Waals surface area contributed by atoms with E-state index < -0.39 is 23.5 Å². The van der Waals surface area contributed by atoms with E-state index in [1.807, 2.05) is 22.4 Å². The highest BCUT2D eigenvalue weighted by Crippen LogP contribution is 2.33. The molecule has 2 heterocycles. The van der Waals surface area contributed by atoms with Crippen molar-refractivity contribution in [1.29, 1.82) is 0 Å². The van der Waals surface area contributed by atoms with Gasteiger partial charge in [-0.2, -0.15) is 11.6 Å². The summed E-state index contributed by atoms with van der Waals surface area (Å²) in [5.74, 6) is -0.724. The molecule has 1 aromatic heterocycles. The van der Waals surface area contributed by atoms with E-state index in [-0.39, 0.29) is 33.1 Å². The Bertz CT molecular complexity index is 764. The smallest absolute Gasteiger partial charge is 0.435 e. The van der Waals surface area contributed by atoms with Crippen molar-refractivity contribution in [2.45, 2.75) is 26.1 Å². The molecule has 0 saturated heterocycles. The number of nitrogens with zero attached hydrogens (tertiary/aromatic N) is 3. The van der Waals surface area contributed by atoms with Crippen molar-refractivity contribution < 1.29 is 23.1 Å². The molecule has 0 saturated carbocycles. The molecule has 0 bridgehead atoms. The van der Waals surface area contributed by atoms with Gasteiger partial charge in [0.1, 0.15) is 24.3 Å². The largest absolute Gasteiger partial charge is 0.469 e. The second kappa shape index (κ2) is 9.73. The second-order valence-electron chi connectivity index (χ2n) is 5.65. The molecule has 1 aromatic rings. The molecule has 148 valence electrons. The highest BCUT2D eigenvalue weighted by atomic mass is 127. The lowest BCUT2D eigenvalue weighted by Gasteiger charge is -2.20. The van der Waals surface area contributed by atoms with Crippen molar-refractivity contribution in [1.82, 2.24) is 15.1 Å². The van der Waals surface area contributed by atoms with Gasteiger partial charge in [-0.3, -0.25) is 10.1 Å². The van der Waals surface area contributed by atoms with Crippen LogP contribution in [0, 0.1) is 17.0 Å². The first kappa shape index (κ1) is 21.9. The van der Waals surface area contributed by atoms with Gasteiger partial charge in [0.2, 0.25) is 0 Å². The Morgan fingerprint density at radius 1 is 1.63 bits per heavy atom. The molecule has 2 atom stereocenters. The Hall–Kier alpha value is -1.35. The minimum atomic E-state index is -1.36. The third kappa shape index (κ3) is 5.57. The molecule has 0 spiro atoms. The molecule has 2 rings (SSSR count). The fraction of sp³-hybridized carbons (Fsp3) is 0.500. The summed E-state index contributed by atoms with van der Waals surface area (Å²) >= 11 is 3.26. The summed E-state index contributed by atoms with van der Waals surface area (Å²) in [6.45, 7) is 2.84. The van der Waals surface area contributed by atoms with E-state index in [0.717, 1.165) is 0 Å². The van der Waals surface area contributed by atoms with E-state index in [2.05, 4.69) is 10.4 Å². The van der Waals surface area contributed by atoms with Crippen molar-refractivity contribution in [2.75, 3.05) is 19.5 Å². The molecule has 0 aliphatic carbocycles. The molecule has 27 heavy (non-hydrogen) atoms. The number of nitro groups is 1. The van der Waals surface area contributed by atoms with Gasteiger partial charge in [0.25, 0.3) is 0 Å². The average molecular weight is 514 g/mol. The number of alkyl halides is 1. The van der Waals surface area contributed by atoms with Crippen LogP contribution in [0.1, 0.15) is 12.6 Å². The first-order valence-corrected chi connectivity index (χ1v) is 10.2. The van der Waals surface area contributed by atoms with Crippen molar-refractivity contribution >= 4 is 49.4 Å². The van der Waals surface area contributed by atoms with Gasteiger partial charge in [0, 0.05) is 19.1 Å². The van der Waals surface area contributed by atoms with Gasteiger partial charge in [-0.1, -0.05) is 22.4 Å². The fourth-order valence-electron chi connectivity index (χ4n) is 2.34. The molecule has 1 N–H and O–H groups in total. The maximum atomic E-state index is 14.0. The lowest BCUT2D eigenvalue weighted by molar-refractivity contribution is -0.386. The van der Waals surface area contributed by atoms with Crippen LogP contribution in [0.15, 0.2) is 18.1 Å². The van der Waals surface area contributed by atoms with Crippen LogP contribution < -0.4 is 10.1 Å². The van der Waals surface area contributed by atoms with E-state index in [9.17, 15) is 18.9 Å². The van der Waals surface area contributed by atoms with Crippen molar-refractivity contribution in [3.05, 3.63) is 33.9 Å². The summed E-state index contributed by atoms with van der Waals surface area (Å²) in [6, 6.07) is -0.324. The molecule has 8 nitrogen and oxygen atoms in total. The van der Waals surface area contributed by atoms with Crippen molar-refractivity contribution in [2.24, 2.45) is 0 Å². The lowest BCUT2D eigenvalue weighted by atomic mass is 10.2. The Kier molecular flexibility index (Phi) is 7.91. The number of allylic oxidation sites excluding steroid dienone is 2. The number of hydrogen-bond donors (Lipinski definition) is 1. The predicted octanol–water partition coefficient (Wildman–Crippen LogP) is 3.26. The molecule has 0 amide bonds. The number of dihydropyridines is 1. The fourth-order valence-corrected chi connectivity index (χ4v) is 3.55. The molecular weight excluding hydrogens is 496 g/mol. The summed E-state index contributed by atoms with van der Waals surface area (Å²) in [4.78, 5) is 10.8. The van der Waals surface area contributed by atoms with Gasteiger partial charge in [0.15, 0.2) is 0 Å². The minimum Gasteiger partial charge on any atom is -0.469 e. The highest BCUT2D eigenvalue weighted by Gasteiger charge is 2.30. The topological polar surface area (TPSA) is 91.5 Å². The molecule has 0 aromatic carbocycles. The van der Waals surface area contributed by atoms with Gasteiger partial charge in [-0.25, -0.2) is 13.5 Å². The van der Waals surface area contributed by atoms with Gasteiger partial charge >= 0.3 is 15.6 Å². The predicted molar refractivity (Wildman–Crippen MR) is 109 cm³/mol. The summed E-state index contributed by atoms with van der Waals surface area (Å²) in [5.41, 5.74) is 0.174. The number of halogens is 3. The van der Waals surface area contributed by atoms with E-state index in [0.29, 0.717) is 5.70 Å². The summed E-state index contributed by atoms with van der Waals surface area (Å²) in [7, 11) is 1.51. The Morgan fingerprint density at radius 2 is 2.33 bits per heavy atom. The second-order valence-corrected chi connectivity index (χ2v) is 8.72. The van der Waals surface area contributed by atoms with Crippen LogP contribution >= 0.6 is 34.0 Å². The highest BCUT2D eigenvalue weighted by molar-refractivity contribution is 14.1. The summed E-state index contributed by atoms with van der Waals surface area (Å²) < 4.78 is 38.9. The zero-order valence-corrected chi connectivity index (χ0v) is 17.8.